The van der Waals surface area contributed by atoms with Gasteiger partial charge in [0.2, 0.25) is 11.8 Å². The second-order valence-corrected chi connectivity index (χ2v) is 5.10. The van der Waals surface area contributed by atoms with Crippen molar-refractivity contribution in [3.05, 3.63) is 28.4 Å². The Morgan fingerprint density at radius 3 is 2.75 bits per heavy atom. The summed E-state index contributed by atoms with van der Waals surface area (Å²) >= 11 is 0. The van der Waals surface area contributed by atoms with Crippen LogP contribution in [0.2, 0.25) is 0 Å². The molecule has 0 bridgehead atoms. The molecule has 1 aromatic heterocycles. The van der Waals surface area contributed by atoms with Crippen molar-refractivity contribution in [3.8, 4) is 0 Å². The van der Waals surface area contributed by atoms with Crippen LogP contribution in [0.3, 0.4) is 0 Å². The summed E-state index contributed by atoms with van der Waals surface area (Å²) in [5, 5.41) is 2.74. The van der Waals surface area contributed by atoms with Crippen LogP contribution in [0.15, 0.2) is 17.2 Å². The Morgan fingerprint density at radius 2 is 2.15 bits per heavy atom. The molecule has 2 N–H and O–H groups in total. The summed E-state index contributed by atoms with van der Waals surface area (Å²) in [6.07, 6.45) is 3.58. The van der Waals surface area contributed by atoms with Crippen molar-refractivity contribution >= 4 is 5.91 Å². The van der Waals surface area contributed by atoms with Crippen molar-refractivity contribution in [1.29, 1.82) is 0 Å². The van der Waals surface area contributed by atoms with Gasteiger partial charge in [-0.05, 0) is 24.8 Å². The number of amides is 1. The van der Waals surface area contributed by atoms with E-state index in [1.54, 1.807) is 6.20 Å². The van der Waals surface area contributed by atoms with Gasteiger partial charge in [0.15, 0.2) is 0 Å². The molecule has 1 aliphatic carbocycles. The number of aromatic nitrogens is 2. The molecule has 5 nitrogen and oxygen atoms in total. The third-order valence-corrected chi connectivity index (χ3v) is 3.53. The average molecular weight is 285 g/mol. The van der Waals surface area contributed by atoms with E-state index in [2.05, 4.69) is 15.3 Å². The van der Waals surface area contributed by atoms with Gasteiger partial charge < -0.3 is 10.3 Å². The number of rotatable bonds is 4. The molecular weight excluding hydrogens is 268 g/mol. The van der Waals surface area contributed by atoms with Crippen molar-refractivity contribution in [2.24, 2.45) is 5.92 Å². The number of carbonyl (C=O) groups is 1. The lowest BCUT2D eigenvalue weighted by Gasteiger charge is -2.27. The number of aromatic amines is 1. The van der Waals surface area contributed by atoms with Crippen LogP contribution >= 0.6 is 0 Å². The van der Waals surface area contributed by atoms with Crippen LogP contribution in [0, 0.1) is 5.92 Å². The first-order valence-electron chi connectivity index (χ1n) is 6.65. The van der Waals surface area contributed by atoms with Gasteiger partial charge in [0.05, 0.1) is 0 Å². The molecule has 0 unspecified atom stereocenters. The fourth-order valence-corrected chi connectivity index (χ4v) is 2.28. The predicted molar refractivity (Wildman–Crippen MR) is 68.5 cm³/mol. The number of carbonyl (C=O) groups excluding carboxylic acids is 1. The number of hydrogen-bond donors (Lipinski definition) is 2. The largest absolute Gasteiger partial charge is 0.356 e. The molecule has 1 amide bonds. The molecule has 0 spiro atoms. The van der Waals surface area contributed by atoms with Crippen molar-refractivity contribution in [2.75, 3.05) is 6.54 Å². The summed E-state index contributed by atoms with van der Waals surface area (Å²) < 4.78 is 26.0. The zero-order valence-electron chi connectivity index (χ0n) is 11.0. The normalized spacial score (nSPS) is 18.7. The van der Waals surface area contributed by atoms with Gasteiger partial charge in [-0.25, -0.2) is 18.6 Å². The minimum Gasteiger partial charge on any atom is -0.356 e. The minimum atomic E-state index is -2.61. The van der Waals surface area contributed by atoms with Crippen LogP contribution < -0.4 is 11.0 Å². The fraction of sp³-hybridized carbons (Fsp3) is 0.615. The Balaban J connectivity index is 1.73. The second-order valence-electron chi connectivity index (χ2n) is 5.10. The number of nitrogens with one attached hydrogen (secondary N) is 2. The first-order chi connectivity index (χ1) is 9.46. The van der Waals surface area contributed by atoms with Crippen LogP contribution in [-0.2, 0) is 11.2 Å². The van der Waals surface area contributed by atoms with Crippen LogP contribution in [0.5, 0.6) is 0 Å². The highest BCUT2D eigenvalue weighted by Crippen LogP contribution is 2.36. The third kappa shape index (κ3) is 4.11. The topological polar surface area (TPSA) is 74.8 Å². The van der Waals surface area contributed by atoms with Gasteiger partial charge in [0, 0.05) is 37.7 Å². The Morgan fingerprint density at radius 1 is 1.45 bits per heavy atom. The van der Waals surface area contributed by atoms with E-state index in [-0.39, 0.29) is 37.5 Å². The van der Waals surface area contributed by atoms with Gasteiger partial charge in [-0.1, -0.05) is 0 Å². The summed E-state index contributed by atoms with van der Waals surface area (Å²) in [7, 11) is 0. The number of nitrogens with zero attached hydrogens (tertiary/aromatic N) is 1. The molecule has 0 aromatic carbocycles. The van der Waals surface area contributed by atoms with E-state index >= 15 is 0 Å². The van der Waals surface area contributed by atoms with Gasteiger partial charge in [0.1, 0.15) is 0 Å². The van der Waals surface area contributed by atoms with Gasteiger partial charge in [-0.15, -0.1) is 0 Å². The van der Waals surface area contributed by atoms with E-state index in [1.165, 1.54) is 6.20 Å². The van der Waals surface area contributed by atoms with Crippen molar-refractivity contribution < 1.29 is 13.6 Å². The molecule has 2 rings (SSSR count). The molecular formula is C13H17F2N3O2. The van der Waals surface area contributed by atoms with E-state index in [4.69, 9.17) is 0 Å². The summed E-state index contributed by atoms with van der Waals surface area (Å²) in [6.45, 7) is 0.402. The molecule has 0 saturated heterocycles. The lowest BCUT2D eigenvalue weighted by Crippen LogP contribution is -2.36. The Hall–Kier alpha value is -1.79. The maximum Gasteiger partial charge on any atom is 0.344 e. The molecule has 1 saturated carbocycles. The van der Waals surface area contributed by atoms with E-state index < -0.39 is 11.6 Å². The van der Waals surface area contributed by atoms with Gasteiger partial charge in [0.25, 0.3) is 0 Å². The van der Waals surface area contributed by atoms with Crippen molar-refractivity contribution in [3.63, 3.8) is 0 Å². The number of H-pyrrole nitrogens is 1. The SMILES string of the molecule is O=C(NCCc1cnc(=O)[nH]c1)C1CCC(F)(F)CC1. The zero-order valence-corrected chi connectivity index (χ0v) is 11.0. The molecule has 1 fully saturated rings. The zero-order chi connectivity index (χ0) is 14.6. The Bertz CT molecular complexity index is 500. The maximum atomic E-state index is 13.0. The standard InChI is InChI=1S/C13H17F2N3O2/c14-13(15)4-1-10(2-5-13)11(19)16-6-3-9-7-17-12(20)18-8-9/h7-8,10H,1-6H2,(H,16,19)(H,17,18,20). The highest BCUT2D eigenvalue weighted by Gasteiger charge is 2.37. The van der Waals surface area contributed by atoms with E-state index in [9.17, 15) is 18.4 Å². The monoisotopic (exact) mass is 285 g/mol. The fourth-order valence-electron chi connectivity index (χ4n) is 2.28. The molecule has 0 atom stereocenters. The van der Waals surface area contributed by atoms with Gasteiger partial charge >= 0.3 is 5.69 Å². The summed E-state index contributed by atoms with van der Waals surface area (Å²) in [5.74, 6) is -3.10. The lowest BCUT2D eigenvalue weighted by molar-refractivity contribution is -0.129. The van der Waals surface area contributed by atoms with Crippen LogP contribution in [0.4, 0.5) is 8.78 Å². The van der Waals surface area contributed by atoms with Gasteiger partial charge in [-0.2, -0.15) is 0 Å². The quantitative estimate of drug-likeness (QED) is 0.874. The van der Waals surface area contributed by atoms with E-state index in [1.807, 2.05) is 0 Å². The Kier molecular flexibility index (Phi) is 4.46. The molecule has 1 heterocycles. The molecule has 20 heavy (non-hydrogen) atoms. The highest BCUT2D eigenvalue weighted by molar-refractivity contribution is 5.78. The molecule has 7 heteroatoms. The van der Waals surface area contributed by atoms with Crippen LogP contribution in [0.1, 0.15) is 31.2 Å². The second kappa shape index (κ2) is 6.11. The number of alkyl halides is 2. The predicted octanol–water partition coefficient (Wildman–Crippen LogP) is 1.25. The molecule has 110 valence electrons. The molecule has 0 aliphatic heterocycles. The third-order valence-electron chi connectivity index (χ3n) is 3.53. The van der Waals surface area contributed by atoms with Crippen LogP contribution in [-0.4, -0.2) is 28.3 Å². The highest BCUT2D eigenvalue weighted by atomic mass is 19.3. The van der Waals surface area contributed by atoms with Crippen molar-refractivity contribution in [2.45, 2.75) is 38.0 Å². The first kappa shape index (κ1) is 14.6. The van der Waals surface area contributed by atoms with Gasteiger partial charge in [-0.3, -0.25) is 4.79 Å². The van der Waals surface area contributed by atoms with E-state index in [0.717, 1.165) is 5.56 Å². The van der Waals surface area contributed by atoms with Crippen LogP contribution in [0.25, 0.3) is 0 Å². The first-order valence-corrected chi connectivity index (χ1v) is 6.65. The maximum absolute atomic E-state index is 13.0. The summed E-state index contributed by atoms with van der Waals surface area (Å²) in [5.41, 5.74) is 0.390. The number of halogens is 2. The molecule has 1 aliphatic rings. The Labute approximate surface area is 114 Å². The number of hydrogen-bond acceptors (Lipinski definition) is 3. The molecule has 0 radical (unpaired) electrons. The minimum absolute atomic E-state index is 0.169. The van der Waals surface area contributed by atoms with Crippen molar-refractivity contribution in [1.82, 2.24) is 15.3 Å². The smallest absolute Gasteiger partial charge is 0.344 e. The van der Waals surface area contributed by atoms with E-state index in [0.29, 0.717) is 13.0 Å². The lowest BCUT2D eigenvalue weighted by atomic mass is 9.86. The average Bonchev–Trinajstić information content (AvgIpc) is 2.41. The molecule has 1 aromatic rings. The summed E-state index contributed by atoms with van der Waals surface area (Å²) in [4.78, 5) is 28.6. The summed E-state index contributed by atoms with van der Waals surface area (Å²) in [6, 6.07) is 0.